The van der Waals surface area contributed by atoms with Crippen LogP contribution >= 0.6 is 7.92 Å². The van der Waals surface area contributed by atoms with Gasteiger partial charge in [0.2, 0.25) is 0 Å². The number of nitrogens with two attached hydrogens (primary N) is 1. The number of hydrogen-bond acceptors (Lipinski definition) is 3. The van der Waals surface area contributed by atoms with Crippen molar-refractivity contribution in [3.8, 4) is 0 Å². The summed E-state index contributed by atoms with van der Waals surface area (Å²) in [6.07, 6.45) is 2.62. The quantitative estimate of drug-likeness (QED) is 0.461. The second kappa shape index (κ2) is 7.42. The van der Waals surface area contributed by atoms with Crippen LogP contribution < -0.4 is 5.73 Å². The summed E-state index contributed by atoms with van der Waals surface area (Å²) >= 11 is 0. The largest absolute Gasteiger partial charge is 0.396 e. The fourth-order valence-corrected chi connectivity index (χ4v) is 2.40. The third kappa shape index (κ3) is 5.12. The van der Waals surface area contributed by atoms with E-state index in [2.05, 4.69) is 0 Å². The van der Waals surface area contributed by atoms with E-state index >= 15 is 0 Å². The van der Waals surface area contributed by atoms with Gasteiger partial charge in [0.05, 0.1) is 0 Å². The highest BCUT2D eigenvalue weighted by Gasteiger charge is 2.03. The van der Waals surface area contributed by atoms with E-state index in [-0.39, 0.29) is 21.1 Å². The van der Waals surface area contributed by atoms with Crippen LogP contribution in [-0.4, -0.2) is 48.5 Å². The molecule has 62 valence electrons. The molecular weight excluding hydrogens is 149 g/mol. The zero-order chi connectivity index (χ0) is 7.82. The second-order valence-electron chi connectivity index (χ2n) is 2.08. The molecule has 0 aromatic heterocycles. The third-order valence-electron chi connectivity index (χ3n) is 1.28. The minimum absolute atomic E-state index is 0.186. The smallest absolute Gasteiger partial charge is 0.0470 e. The first-order valence-electron chi connectivity index (χ1n) is 3.49. The van der Waals surface area contributed by atoms with Crippen LogP contribution in [0.1, 0.15) is 0 Å². The van der Waals surface area contributed by atoms with E-state index in [1.54, 1.807) is 0 Å². The maximum atomic E-state index is 8.58. The molecular formula is C6H16NO2P. The zero-order valence-corrected chi connectivity index (χ0v) is 7.06. The van der Waals surface area contributed by atoms with Crippen LogP contribution in [0.2, 0.25) is 0 Å². The Balaban J connectivity index is 3.30. The van der Waals surface area contributed by atoms with Gasteiger partial charge in [-0.15, -0.1) is 7.92 Å². The Hall–Kier alpha value is 0.310. The fourth-order valence-electron chi connectivity index (χ4n) is 0.801. The van der Waals surface area contributed by atoms with Crippen molar-refractivity contribution < 1.29 is 10.2 Å². The van der Waals surface area contributed by atoms with Crippen LogP contribution in [-0.2, 0) is 0 Å². The van der Waals surface area contributed by atoms with E-state index in [1.165, 1.54) is 0 Å². The Morgan fingerprint density at radius 2 is 1.50 bits per heavy atom. The van der Waals surface area contributed by atoms with Crippen LogP contribution in [0, 0.1) is 0 Å². The van der Waals surface area contributed by atoms with Gasteiger partial charge in [0.1, 0.15) is 0 Å². The molecule has 0 atom stereocenters. The molecule has 0 bridgehead atoms. The molecule has 4 N–H and O–H groups in total. The van der Waals surface area contributed by atoms with Crippen LogP contribution in [0.3, 0.4) is 0 Å². The lowest BCUT2D eigenvalue weighted by molar-refractivity contribution is 0.315. The number of rotatable bonds is 6. The Kier molecular flexibility index (Phi) is 7.65. The molecule has 0 spiro atoms. The predicted molar refractivity (Wildman–Crippen MR) is 44.7 cm³/mol. The Morgan fingerprint density at radius 1 is 1.00 bits per heavy atom. The standard InChI is InChI=1S/C6H16NO2P/c7-1-4-10(5-2-8)6-3-9/h8-9H,1-7H2. The van der Waals surface area contributed by atoms with E-state index in [0.29, 0.717) is 6.54 Å². The SMILES string of the molecule is NCCP(CCO)CCO. The number of aliphatic hydroxyl groups excluding tert-OH is 2. The van der Waals surface area contributed by atoms with Gasteiger partial charge in [0.25, 0.3) is 0 Å². The first kappa shape index (κ1) is 10.3. The van der Waals surface area contributed by atoms with Crippen molar-refractivity contribution in [1.29, 1.82) is 0 Å². The fraction of sp³-hybridized carbons (Fsp3) is 1.00. The number of aliphatic hydroxyl groups is 2. The summed E-state index contributed by atoms with van der Waals surface area (Å²) in [5.74, 6) is 0. The Labute approximate surface area is 63.0 Å². The lowest BCUT2D eigenvalue weighted by atomic mass is 10.8. The van der Waals surface area contributed by atoms with E-state index in [4.69, 9.17) is 15.9 Å². The van der Waals surface area contributed by atoms with Crippen molar-refractivity contribution in [2.75, 3.05) is 38.2 Å². The average Bonchev–Trinajstić information content (AvgIpc) is 1.90. The predicted octanol–water partition coefficient (Wildman–Crippen LogP) is -0.588. The van der Waals surface area contributed by atoms with Gasteiger partial charge >= 0.3 is 0 Å². The normalized spacial score (nSPS) is 10.8. The van der Waals surface area contributed by atoms with Gasteiger partial charge in [-0.25, -0.2) is 0 Å². The van der Waals surface area contributed by atoms with Gasteiger partial charge < -0.3 is 15.9 Å². The second-order valence-corrected chi connectivity index (χ2v) is 4.76. The third-order valence-corrected chi connectivity index (χ3v) is 3.83. The van der Waals surface area contributed by atoms with Crippen molar-refractivity contribution in [1.82, 2.24) is 0 Å². The van der Waals surface area contributed by atoms with Gasteiger partial charge in [-0.05, 0) is 25.0 Å². The van der Waals surface area contributed by atoms with Gasteiger partial charge in [0, 0.05) is 13.2 Å². The molecule has 0 aromatic rings. The van der Waals surface area contributed by atoms with Crippen LogP contribution in [0.5, 0.6) is 0 Å². The van der Waals surface area contributed by atoms with E-state index in [0.717, 1.165) is 18.5 Å². The molecule has 0 rings (SSSR count). The van der Waals surface area contributed by atoms with E-state index < -0.39 is 0 Å². The number of hydrogen-bond donors (Lipinski definition) is 3. The zero-order valence-electron chi connectivity index (χ0n) is 6.16. The van der Waals surface area contributed by atoms with Crippen molar-refractivity contribution in [3.63, 3.8) is 0 Å². The Morgan fingerprint density at radius 3 is 1.80 bits per heavy atom. The van der Waals surface area contributed by atoms with Gasteiger partial charge in [-0.3, -0.25) is 0 Å². The maximum absolute atomic E-state index is 8.58. The molecule has 3 nitrogen and oxygen atoms in total. The molecule has 0 aliphatic carbocycles. The highest BCUT2D eigenvalue weighted by atomic mass is 31.1. The first-order chi connectivity index (χ1) is 4.85. The average molecular weight is 165 g/mol. The molecule has 0 heterocycles. The summed E-state index contributed by atoms with van der Waals surface area (Å²) in [4.78, 5) is 0. The monoisotopic (exact) mass is 165 g/mol. The van der Waals surface area contributed by atoms with Crippen LogP contribution in [0.4, 0.5) is 0 Å². The van der Waals surface area contributed by atoms with Gasteiger partial charge in [0.15, 0.2) is 0 Å². The van der Waals surface area contributed by atoms with Gasteiger partial charge in [-0.2, -0.15) is 0 Å². The summed E-state index contributed by atoms with van der Waals surface area (Å²) in [5, 5.41) is 17.2. The molecule has 0 fully saturated rings. The molecule has 0 aromatic carbocycles. The molecule has 0 aliphatic heterocycles. The summed E-state index contributed by atoms with van der Waals surface area (Å²) in [6, 6.07) is 0. The highest BCUT2D eigenvalue weighted by Crippen LogP contribution is 2.32. The van der Waals surface area contributed by atoms with Crippen molar-refractivity contribution in [2.24, 2.45) is 5.73 Å². The molecule has 0 unspecified atom stereocenters. The molecule has 0 saturated heterocycles. The Bertz CT molecular complexity index is 58.5. The van der Waals surface area contributed by atoms with Crippen molar-refractivity contribution in [2.45, 2.75) is 0 Å². The van der Waals surface area contributed by atoms with Crippen molar-refractivity contribution >= 4 is 7.92 Å². The first-order valence-corrected chi connectivity index (χ1v) is 5.39. The van der Waals surface area contributed by atoms with Crippen LogP contribution in [0.25, 0.3) is 0 Å². The minimum atomic E-state index is -0.186. The van der Waals surface area contributed by atoms with Gasteiger partial charge in [-0.1, -0.05) is 0 Å². The van der Waals surface area contributed by atoms with Crippen molar-refractivity contribution in [3.05, 3.63) is 0 Å². The summed E-state index contributed by atoms with van der Waals surface area (Å²) < 4.78 is 0. The lowest BCUT2D eigenvalue weighted by Crippen LogP contribution is -2.09. The summed E-state index contributed by atoms with van der Waals surface area (Å²) in [7, 11) is -0.186. The highest BCUT2D eigenvalue weighted by molar-refractivity contribution is 7.57. The summed E-state index contributed by atoms with van der Waals surface area (Å²) in [6.45, 7) is 1.13. The molecule has 0 saturated carbocycles. The molecule has 0 radical (unpaired) electrons. The topological polar surface area (TPSA) is 66.5 Å². The summed E-state index contributed by atoms with van der Waals surface area (Å²) in [5.41, 5.74) is 5.34. The molecule has 10 heavy (non-hydrogen) atoms. The van der Waals surface area contributed by atoms with E-state index in [9.17, 15) is 0 Å². The minimum Gasteiger partial charge on any atom is -0.396 e. The molecule has 4 heteroatoms. The molecule has 0 amide bonds. The van der Waals surface area contributed by atoms with Crippen LogP contribution in [0.15, 0.2) is 0 Å². The maximum Gasteiger partial charge on any atom is 0.0470 e. The lowest BCUT2D eigenvalue weighted by Gasteiger charge is -2.12. The molecule has 0 aliphatic rings. The van der Waals surface area contributed by atoms with E-state index in [1.807, 2.05) is 0 Å².